The topological polar surface area (TPSA) is 32.8 Å². The number of benzene rings is 2. The van der Waals surface area contributed by atoms with Crippen molar-refractivity contribution in [1.82, 2.24) is 9.80 Å². The van der Waals surface area contributed by atoms with Gasteiger partial charge in [-0.15, -0.1) is 0 Å². The lowest BCUT2D eigenvalue weighted by Crippen LogP contribution is -2.33. The molecule has 0 atom stereocenters. The van der Waals surface area contributed by atoms with Gasteiger partial charge in [-0.05, 0) is 80.6 Å². The highest BCUT2D eigenvalue weighted by Crippen LogP contribution is 2.19. The van der Waals surface area contributed by atoms with Gasteiger partial charge in [-0.25, -0.2) is 0 Å². The molecule has 29 heavy (non-hydrogen) atoms. The molecule has 0 aliphatic carbocycles. The maximum Gasteiger partial charge on any atom is 0.253 e. The van der Waals surface area contributed by atoms with E-state index in [2.05, 4.69) is 29.2 Å². The number of fused-ring (bicyclic) bond motifs is 1. The van der Waals surface area contributed by atoms with Gasteiger partial charge in [0.25, 0.3) is 5.91 Å². The summed E-state index contributed by atoms with van der Waals surface area (Å²) in [6, 6.07) is 16.2. The molecule has 1 amide bonds. The van der Waals surface area contributed by atoms with Crippen molar-refractivity contribution in [3.63, 3.8) is 0 Å². The van der Waals surface area contributed by atoms with Gasteiger partial charge in [-0.2, -0.15) is 0 Å². The van der Waals surface area contributed by atoms with Crippen LogP contribution in [-0.4, -0.2) is 55.0 Å². The Kier molecular flexibility index (Phi) is 6.83. The number of nitrogens with zero attached hydrogens (tertiary/aromatic N) is 2. The molecule has 2 heterocycles. The third kappa shape index (κ3) is 5.39. The van der Waals surface area contributed by atoms with Crippen molar-refractivity contribution in [2.24, 2.45) is 0 Å². The molecule has 4 heteroatoms. The molecule has 2 aliphatic heterocycles. The average Bonchev–Trinajstić information content (AvgIpc) is 3.00. The summed E-state index contributed by atoms with van der Waals surface area (Å²) in [4.78, 5) is 17.4. The number of ether oxygens (including phenoxy) is 1. The Hall–Kier alpha value is -2.33. The van der Waals surface area contributed by atoms with Gasteiger partial charge in [0, 0.05) is 25.2 Å². The van der Waals surface area contributed by atoms with E-state index < -0.39 is 0 Å². The van der Waals surface area contributed by atoms with Gasteiger partial charge in [0.2, 0.25) is 0 Å². The van der Waals surface area contributed by atoms with Crippen molar-refractivity contribution >= 4 is 5.91 Å². The molecular formula is C25H32N2O2. The van der Waals surface area contributed by atoms with Crippen LogP contribution in [-0.2, 0) is 12.8 Å². The summed E-state index contributed by atoms with van der Waals surface area (Å²) in [5.41, 5.74) is 3.49. The molecule has 2 aromatic carbocycles. The van der Waals surface area contributed by atoms with Crippen LogP contribution in [0.1, 0.15) is 47.2 Å². The SMILES string of the molecule is O=C(c1ccc(OCCCN2CCCCC2)cc1)N1CCc2ccccc2CC1. The van der Waals surface area contributed by atoms with E-state index in [1.165, 1.54) is 43.5 Å². The van der Waals surface area contributed by atoms with Crippen LogP contribution in [0.5, 0.6) is 5.75 Å². The predicted octanol–water partition coefficient (Wildman–Crippen LogP) is 4.18. The van der Waals surface area contributed by atoms with Crippen molar-refractivity contribution < 1.29 is 9.53 Å². The molecule has 1 fully saturated rings. The van der Waals surface area contributed by atoms with Crippen molar-refractivity contribution in [3.05, 3.63) is 65.2 Å². The minimum Gasteiger partial charge on any atom is -0.494 e. The highest BCUT2D eigenvalue weighted by atomic mass is 16.5. The summed E-state index contributed by atoms with van der Waals surface area (Å²) in [5, 5.41) is 0. The van der Waals surface area contributed by atoms with E-state index >= 15 is 0 Å². The van der Waals surface area contributed by atoms with E-state index in [0.717, 1.165) is 56.8 Å². The molecule has 4 rings (SSSR count). The van der Waals surface area contributed by atoms with Crippen molar-refractivity contribution in [2.45, 2.75) is 38.5 Å². The molecule has 0 N–H and O–H groups in total. The molecule has 154 valence electrons. The van der Waals surface area contributed by atoms with Crippen LogP contribution in [0.4, 0.5) is 0 Å². The van der Waals surface area contributed by atoms with Crippen LogP contribution in [0, 0.1) is 0 Å². The number of likely N-dealkylation sites (tertiary alicyclic amines) is 1. The fourth-order valence-corrected chi connectivity index (χ4v) is 4.41. The quantitative estimate of drug-likeness (QED) is 0.692. The number of amides is 1. The Bertz CT molecular complexity index is 770. The summed E-state index contributed by atoms with van der Waals surface area (Å²) >= 11 is 0. The molecule has 2 aliphatic rings. The van der Waals surface area contributed by atoms with E-state index in [1.807, 2.05) is 29.2 Å². The van der Waals surface area contributed by atoms with Gasteiger partial charge in [-0.3, -0.25) is 4.79 Å². The molecule has 2 aromatic rings. The first-order valence-electron chi connectivity index (χ1n) is 11.1. The number of carbonyl (C=O) groups excluding carboxylic acids is 1. The molecule has 0 radical (unpaired) electrons. The number of piperidine rings is 1. The number of hydrogen-bond acceptors (Lipinski definition) is 3. The van der Waals surface area contributed by atoms with Gasteiger partial charge in [0.05, 0.1) is 6.61 Å². The lowest BCUT2D eigenvalue weighted by molar-refractivity contribution is 0.0763. The van der Waals surface area contributed by atoms with Gasteiger partial charge in [0.1, 0.15) is 5.75 Å². The van der Waals surface area contributed by atoms with Crippen LogP contribution in [0.25, 0.3) is 0 Å². The third-order valence-electron chi connectivity index (χ3n) is 6.15. The number of carbonyl (C=O) groups is 1. The zero-order valence-corrected chi connectivity index (χ0v) is 17.3. The first kappa shape index (κ1) is 20.0. The van der Waals surface area contributed by atoms with E-state index in [4.69, 9.17) is 4.74 Å². The number of hydrogen-bond donors (Lipinski definition) is 0. The third-order valence-corrected chi connectivity index (χ3v) is 6.15. The molecular weight excluding hydrogens is 360 g/mol. The second-order valence-corrected chi connectivity index (χ2v) is 8.19. The van der Waals surface area contributed by atoms with Crippen LogP contribution in [0.3, 0.4) is 0 Å². The standard InChI is InChI=1S/C25H32N2O2/c28-25(27-18-13-21-7-2-3-8-22(21)14-19-27)23-9-11-24(12-10-23)29-20-6-17-26-15-4-1-5-16-26/h2-3,7-12H,1,4-6,13-20H2. The Morgan fingerprint density at radius 1 is 0.828 bits per heavy atom. The van der Waals surface area contributed by atoms with Gasteiger partial charge < -0.3 is 14.5 Å². The molecule has 0 unspecified atom stereocenters. The fourth-order valence-electron chi connectivity index (χ4n) is 4.41. The molecule has 0 bridgehead atoms. The lowest BCUT2D eigenvalue weighted by Gasteiger charge is -2.26. The Morgan fingerprint density at radius 2 is 1.48 bits per heavy atom. The summed E-state index contributed by atoms with van der Waals surface area (Å²) in [7, 11) is 0. The van der Waals surface area contributed by atoms with Crippen LogP contribution < -0.4 is 4.74 Å². The highest BCUT2D eigenvalue weighted by molar-refractivity contribution is 5.94. The van der Waals surface area contributed by atoms with Crippen LogP contribution in [0.2, 0.25) is 0 Å². The highest BCUT2D eigenvalue weighted by Gasteiger charge is 2.19. The van der Waals surface area contributed by atoms with E-state index in [-0.39, 0.29) is 5.91 Å². The maximum absolute atomic E-state index is 12.9. The van der Waals surface area contributed by atoms with Crippen molar-refractivity contribution in [1.29, 1.82) is 0 Å². The summed E-state index contributed by atoms with van der Waals surface area (Å²) in [6.07, 6.45) is 6.95. The predicted molar refractivity (Wildman–Crippen MR) is 117 cm³/mol. The Morgan fingerprint density at radius 3 is 2.14 bits per heavy atom. The monoisotopic (exact) mass is 392 g/mol. The minimum atomic E-state index is 0.120. The van der Waals surface area contributed by atoms with E-state index in [9.17, 15) is 4.79 Å². The molecule has 1 saturated heterocycles. The molecule has 0 saturated carbocycles. The van der Waals surface area contributed by atoms with Crippen molar-refractivity contribution in [3.8, 4) is 5.75 Å². The van der Waals surface area contributed by atoms with Crippen LogP contribution >= 0.6 is 0 Å². The van der Waals surface area contributed by atoms with Gasteiger partial charge >= 0.3 is 0 Å². The maximum atomic E-state index is 12.9. The van der Waals surface area contributed by atoms with E-state index in [0.29, 0.717) is 0 Å². The first-order valence-corrected chi connectivity index (χ1v) is 11.1. The average molecular weight is 393 g/mol. The second kappa shape index (κ2) is 9.93. The minimum absolute atomic E-state index is 0.120. The summed E-state index contributed by atoms with van der Waals surface area (Å²) in [6.45, 7) is 5.88. The molecule has 0 aromatic heterocycles. The van der Waals surface area contributed by atoms with Crippen LogP contribution in [0.15, 0.2) is 48.5 Å². The largest absolute Gasteiger partial charge is 0.494 e. The summed E-state index contributed by atoms with van der Waals surface area (Å²) in [5.74, 6) is 0.970. The second-order valence-electron chi connectivity index (χ2n) is 8.19. The Balaban J connectivity index is 1.25. The van der Waals surface area contributed by atoms with Gasteiger partial charge in [0.15, 0.2) is 0 Å². The smallest absolute Gasteiger partial charge is 0.253 e. The zero-order valence-electron chi connectivity index (χ0n) is 17.3. The first-order chi connectivity index (χ1) is 14.3. The lowest BCUT2D eigenvalue weighted by atomic mass is 10.0. The zero-order chi connectivity index (χ0) is 19.9. The number of rotatable bonds is 6. The fraction of sp³-hybridized carbons (Fsp3) is 0.480. The van der Waals surface area contributed by atoms with Gasteiger partial charge in [-0.1, -0.05) is 30.7 Å². The summed E-state index contributed by atoms with van der Waals surface area (Å²) < 4.78 is 5.89. The van der Waals surface area contributed by atoms with Crippen molar-refractivity contribution in [2.75, 3.05) is 39.3 Å². The normalized spacial score (nSPS) is 17.4. The Labute approximate surface area is 174 Å². The molecule has 0 spiro atoms. The molecule has 4 nitrogen and oxygen atoms in total. The van der Waals surface area contributed by atoms with E-state index in [1.54, 1.807) is 0 Å².